The fraction of sp³-hybridized carbons (Fsp3) is 0.688. The van der Waals surface area contributed by atoms with Crippen molar-refractivity contribution < 1.29 is 9.47 Å². The van der Waals surface area contributed by atoms with Gasteiger partial charge in [0.2, 0.25) is 0 Å². The van der Waals surface area contributed by atoms with Crippen LogP contribution in [0.25, 0.3) is 0 Å². The third-order valence-electron chi connectivity index (χ3n) is 4.06. The Balaban J connectivity index is 2.00. The van der Waals surface area contributed by atoms with Gasteiger partial charge >= 0.3 is 0 Å². The van der Waals surface area contributed by atoms with Crippen molar-refractivity contribution in [3.05, 3.63) is 33.7 Å². The summed E-state index contributed by atoms with van der Waals surface area (Å²) in [5.74, 6) is 0. The van der Waals surface area contributed by atoms with Gasteiger partial charge in [0.1, 0.15) is 0 Å². The minimum atomic E-state index is 0.0994. The highest BCUT2D eigenvalue weighted by atomic mass is 16.5. The van der Waals surface area contributed by atoms with Gasteiger partial charge in [0.15, 0.2) is 0 Å². The molecule has 0 saturated carbocycles. The van der Waals surface area contributed by atoms with E-state index in [0.717, 1.165) is 32.2 Å². The quantitative estimate of drug-likeness (QED) is 0.738. The van der Waals surface area contributed by atoms with E-state index in [1.807, 2.05) is 17.7 Å². The van der Waals surface area contributed by atoms with Crippen molar-refractivity contribution in [2.75, 3.05) is 34.0 Å². The molecule has 0 spiro atoms. The van der Waals surface area contributed by atoms with E-state index in [0.29, 0.717) is 25.9 Å². The molecule has 1 N–H and O–H groups in total. The zero-order valence-electron chi connectivity index (χ0n) is 13.1. The first-order chi connectivity index (χ1) is 10.3. The maximum Gasteiger partial charge on any atom is 0.250 e. The van der Waals surface area contributed by atoms with Crippen LogP contribution in [0.2, 0.25) is 0 Å². The Morgan fingerprint density at radius 3 is 2.95 bits per heavy atom. The van der Waals surface area contributed by atoms with E-state index in [9.17, 15) is 4.79 Å². The van der Waals surface area contributed by atoms with Crippen LogP contribution < -0.4 is 10.9 Å². The number of nitrogens with one attached hydrogen (secondary N) is 1. The summed E-state index contributed by atoms with van der Waals surface area (Å²) in [5.41, 5.74) is 2.58. The summed E-state index contributed by atoms with van der Waals surface area (Å²) in [5, 5.41) is 3.34. The number of aromatic nitrogens is 1. The molecule has 0 bridgehead atoms. The summed E-state index contributed by atoms with van der Waals surface area (Å²) in [6.07, 6.45) is 4.12. The van der Waals surface area contributed by atoms with Crippen LogP contribution >= 0.6 is 0 Å². The van der Waals surface area contributed by atoms with E-state index in [1.54, 1.807) is 13.2 Å². The number of hydrogen-bond acceptors (Lipinski definition) is 4. The lowest BCUT2D eigenvalue weighted by molar-refractivity contribution is 0.0678. The number of hydrogen-bond donors (Lipinski definition) is 1. The molecule has 1 aliphatic rings. The van der Waals surface area contributed by atoms with Crippen molar-refractivity contribution in [2.24, 2.45) is 0 Å². The maximum absolute atomic E-state index is 12.1. The summed E-state index contributed by atoms with van der Waals surface area (Å²) in [6, 6.07) is 4.06. The molecule has 0 aromatic carbocycles. The fourth-order valence-electron chi connectivity index (χ4n) is 2.98. The molecule has 1 heterocycles. The SMILES string of the molecule is CNC1CCCc2c1ccc(=O)n2CCCOCCOC. The van der Waals surface area contributed by atoms with Gasteiger partial charge in [0.25, 0.3) is 5.56 Å². The Bertz CT molecular complexity index is 499. The first-order valence-electron chi connectivity index (χ1n) is 7.74. The predicted molar refractivity (Wildman–Crippen MR) is 82.8 cm³/mol. The number of methoxy groups -OCH3 is 1. The number of fused-ring (bicyclic) bond motifs is 1. The molecule has 0 saturated heterocycles. The number of pyridine rings is 1. The minimum Gasteiger partial charge on any atom is -0.382 e. The number of nitrogens with zero attached hydrogens (tertiary/aromatic N) is 1. The topological polar surface area (TPSA) is 52.5 Å². The van der Waals surface area contributed by atoms with Crippen molar-refractivity contribution in [3.8, 4) is 0 Å². The van der Waals surface area contributed by atoms with Crippen molar-refractivity contribution >= 4 is 0 Å². The van der Waals surface area contributed by atoms with Gasteiger partial charge in [-0.15, -0.1) is 0 Å². The third-order valence-corrected chi connectivity index (χ3v) is 4.06. The molecule has 0 amide bonds. The Labute approximate surface area is 126 Å². The summed E-state index contributed by atoms with van der Waals surface area (Å²) >= 11 is 0. The molecule has 5 nitrogen and oxygen atoms in total. The second-order valence-corrected chi connectivity index (χ2v) is 5.42. The third kappa shape index (κ3) is 4.15. The van der Waals surface area contributed by atoms with Gasteiger partial charge in [0.05, 0.1) is 13.2 Å². The van der Waals surface area contributed by atoms with E-state index in [-0.39, 0.29) is 5.56 Å². The maximum atomic E-state index is 12.1. The van der Waals surface area contributed by atoms with Gasteiger partial charge in [-0.1, -0.05) is 6.07 Å². The number of rotatable bonds is 8. The molecule has 0 radical (unpaired) electrons. The van der Waals surface area contributed by atoms with Gasteiger partial charge in [0, 0.05) is 38.1 Å². The Morgan fingerprint density at radius 2 is 2.19 bits per heavy atom. The van der Waals surface area contributed by atoms with Gasteiger partial charge in [-0.2, -0.15) is 0 Å². The van der Waals surface area contributed by atoms with Crippen molar-refractivity contribution in [2.45, 2.75) is 38.3 Å². The molecule has 0 aliphatic heterocycles. The molecule has 2 rings (SSSR count). The van der Waals surface area contributed by atoms with Gasteiger partial charge in [-0.05, 0) is 38.3 Å². The van der Waals surface area contributed by atoms with Crippen LogP contribution in [-0.4, -0.2) is 38.5 Å². The molecule has 118 valence electrons. The zero-order chi connectivity index (χ0) is 15.1. The molecule has 1 aromatic heterocycles. The van der Waals surface area contributed by atoms with Crippen molar-refractivity contribution in [1.82, 2.24) is 9.88 Å². The minimum absolute atomic E-state index is 0.0994. The summed E-state index contributed by atoms with van der Waals surface area (Å²) in [4.78, 5) is 12.1. The molecular formula is C16H26N2O3. The van der Waals surface area contributed by atoms with Gasteiger partial charge in [-0.25, -0.2) is 0 Å². The molecule has 1 aliphatic carbocycles. The Hall–Kier alpha value is -1.17. The first kappa shape index (κ1) is 16.2. The molecule has 1 atom stereocenters. The smallest absolute Gasteiger partial charge is 0.250 e. The Morgan fingerprint density at radius 1 is 1.33 bits per heavy atom. The van der Waals surface area contributed by atoms with Crippen LogP contribution in [0.15, 0.2) is 16.9 Å². The average Bonchev–Trinajstić information content (AvgIpc) is 2.51. The average molecular weight is 294 g/mol. The Kier molecular flexibility index (Phi) is 6.42. The second kappa shape index (κ2) is 8.32. The second-order valence-electron chi connectivity index (χ2n) is 5.42. The summed E-state index contributed by atoms with van der Waals surface area (Å²) in [6.45, 7) is 2.62. The number of ether oxygens (including phenoxy) is 2. The normalized spacial score (nSPS) is 17.7. The van der Waals surface area contributed by atoms with Crippen molar-refractivity contribution in [1.29, 1.82) is 0 Å². The van der Waals surface area contributed by atoms with Crippen molar-refractivity contribution in [3.63, 3.8) is 0 Å². The fourth-order valence-corrected chi connectivity index (χ4v) is 2.98. The highest BCUT2D eigenvalue weighted by Crippen LogP contribution is 2.28. The standard InChI is InChI=1S/C16H26N2O3/c1-17-14-5-3-6-15-13(14)7-8-16(19)18(15)9-4-10-21-12-11-20-2/h7-8,14,17H,3-6,9-12H2,1-2H3. The molecule has 1 unspecified atom stereocenters. The van der Waals surface area contributed by atoms with Crippen LogP contribution in [0, 0.1) is 0 Å². The largest absolute Gasteiger partial charge is 0.382 e. The van der Waals surface area contributed by atoms with E-state index in [1.165, 1.54) is 11.3 Å². The molecule has 21 heavy (non-hydrogen) atoms. The van der Waals surface area contributed by atoms with Crippen LogP contribution in [0.1, 0.15) is 36.6 Å². The lowest BCUT2D eigenvalue weighted by Crippen LogP contribution is -2.30. The van der Waals surface area contributed by atoms with E-state index >= 15 is 0 Å². The van der Waals surface area contributed by atoms with E-state index < -0.39 is 0 Å². The van der Waals surface area contributed by atoms with Crippen LogP contribution in [-0.2, 0) is 22.4 Å². The molecule has 0 fully saturated rings. The van der Waals surface area contributed by atoms with Gasteiger partial charge in [-0.3, -0.25) is 4.79 Å². The lowest BCUT2D eigenvalue weighted by Gasteiger charge is -2.27. The van der Waals surface area contributed by atoms with E-state index in [2.05, 4.69) is 5.32 Å². The highest BCUT2D eigenvalue weighted by molar-refractivity contribution is 5.27. The van der Waals surface area contributed by atoms with E-state index in [4.69, 9.17) is 9.47 Å². The molecule has 5 heteroatoms. The first-order valence-corrected chi connectivity index (χ1v) is 7.74. The lowest BCUT2D eigenvalue weighted by atomic mass is 9.91. The van der Waals surface area contributed by atoms with Crippen LogP contribution in [0.5, 0.6) is 0 Å². The summed E-state index contributed by atoms with van der Waals surface area (Å²) in [7, 11) is 3.65. The van der Waals surface area contributed by atoms with Crippen LogP contribution in [0.4, 0.5) is 0 Å². The highest BCUT2D eigenvalue weighted by Gasteiger charge is 2.21. The predicted octanol–water partition coefficient (Wildman–Crippen LogP) is 1.50. The van der Waals surface area contributed by atoms with Gasteiger partial charge < -0.3 is 19.4 Å². The molecular weight excluding hydrogens is 268 g/mol. The van der Waals surface area contributed by atoms with Crippen LogP contribution in [0.3, 0.4) is 0 Å². The summed E-state index contributed by atoms with van der Waals surface area (Å²) < 4.78 is 12.3. The zero-order valence-corrected chi connectivity index (χ0v) is 13.1. The molecule has 1 aromatic rings. The monoisotopic (exact) mass is 294 g/mol.